The van der Waals surface area contributed by atoms with Gasteiger partial charge in [-0.25, -0.2) is 9.78 Å². The average molecular weight is 460 g/mol. The van der Waals surface area contributed by atoms with E-state index >= 15 is 0 Å². The molecule has 1 fully saturated rings. The summed E-state index contributed by atoms with van der Waals surface area (Å²) >= 11 is 1.45. The fraction of sp³-hybridized carbons (Fsp3) is 0.579. The van der Waals surface area contributed by atoms with Crippen molar-refractivity contribution in [3.63, 3.8) is 0 Å². The standard InChI is InChI=1S/C17H22N4O2S.C2HF3O2/c1-2-21-16-13(7-19-21)5-6-20(17(22)14-10-24-11-18-14)15(16)9-23-8-12-3-4-12;3-2(4,5)1(6)7/h7,10-12,15H,2-6,8-9H2,1H3;(H,6,7). The molecular weight excluding hydrogens is 437 g/mol. The molecule has 170 valence electrons. The number of fused-ring (bicyclic) bond motifs is 1. The molecule has 12 heteroatoms. The van der Waals surface area contributed by atoms with Gasteiger partial charge in [-0.05, 0) is 37.7 Å². The first-order chi connectivity index (χ1) is 14.7. The number of aliphatic carboxylic acids is 1. The highest BCUT2D eigenvalue weighted by Gasteiger charge is 2.38. The number of carboxylic acid groups (broad SMARTS) is 1. The van der Waals surface area contributed by atoms with E-state index in [1.165, 1.54) is 29.7 Å². The van der Waals surface area contributed by atoms with Crippen LogP contribution in [-0.4, -0.2) is 62.6 Å². The lowest BCUT2D eigenvalue weighted by molar-refractivity contribution is -0.192. The van der Waals surface area contributed by atoms with Crippen LogP contribution in [0.4, 0.5) is 13.2 Å². The fourth-order valence-corrected chi connectivity index (χ4v) is 3.84. The Labute approximate surface area is 180 Å². The SMILES string of the molecule is CCn1ncc2c1C(COCC1CC1)N(C(=O)c1cscn1)CC2.O=C(O)C(F)(F)F. The molecule has 1 saturated carbocycles. The Morgan fingerprint density at radius 1 is 1.32 bits per heavy atom. The average Bonchev–Trinajstić information content (AvgIpc) is 3.21. The van der Waals surface area contributed by atoms with Crippen LogP contribution in [-0.2, 0) is 22.5 Å². The Bertz CT molecular complexity index is 883. The number of carboxylic acids is 1. The van der Waals surface area contributed by atoms with Crippen LogP contribution in [0.15, 0.2) is 17.1 Å². The minimum atomic E-state index is -5.08. The molecule has 31 heavy (non-hydrogen) atoms. The lowest BCUT2D eigenvalue weighted by Gasteiger charge is -2.36. The van der Waals surface area contributed by atoms with Crippen LogP contribution in [0.25, 0.3) is 0 Å². The monoisotopic (exact) mass is 460 g/mol. The van der Waals surface area contributed by atoms with Gasteiger partial charge in [0.05, 0.1) is 30.1 Å². The maximum atomic E-state index is 12.9. The second-order valence-corrected chi connectivity index (χ2v) is 8.01. The van der Waals surface area contributed by atoms with E-state index < -0.39 is 12.1 Å². The number of hydrogen-bond donors (Lipinski definition) is 1. The van der Waals surface area contributed by atoms with E-state index in [-0.39, 0.29) is 11.9 Å². The van der Waals surface area contributed by atoms with Crippen molar-refractivity contribution in [2.24, 2.45) is 5.92 Å². The third kappa shape index (κ3) is 5.82. The van der Waals surface area contributed by atoms with Crippen LogP contribution in [0.5, 0.6) is 0 Å². The van der Waals surface area contributed by atoms with Gasteiger partial charge in [-0.3, -0.25) is 9.48 Å². The molecule has 1 N–H and O–H groups in total. The zero-order valence-electron chi connectivity index (χ0n) is 16.8. The summed E-state index contributed by atoms with van der Waals surface area (Å²) in [6, 6.07) is -0.0795. The van der Waals surface area contributed by atoms with Crippen LogP contribution in [0.1, 0.15) is 47.6 Å². The maximum absolute atomic E-state index is 12.9. The Balaban J connectivity index is 0.000000339. The zero-order chi connectivity index (χ0) is 22.6. The van der Waals surface area contributed by atoms with E-state index in [9.17, 15) is 18.0 Å². The number of amides is 1. The van der Waals surface area contributed by atoms with Crippen LogP contribution in [0.3, 0.4) is 0 Å². The summed E-state index contributed by atoms with van der Waals surface area (Å²) in [5.74, 6) is -2.05. The van der Waals surface area contributed by atoms with Gasteiger partial charge in [-0.2, -0.15) is 18.3 Å². The summed E-state index contributed by atoms with van der Waals surface area (Å²) in [5.41, 5.74) is 4.60. The molecule has 1 aliphatic carbocycles. The van der Waals surface area contributed by atoms with Gasteiger partial charge < -0.3 is 14.7 Å². The molecule has 0 aromatic carbocycles. The second-order valence-electron chi connectivity index (χ2n) is 7.29. The van der Waals surface area contributed by atoms with Crippen molar-refractivity contribution in [1.82, 2.24) is 19.7 Å². The minimum absolute atomic E-state index is 0.00854. The second kappa shape index (κ2) is 9.77. The maximum Gasteiger partial charge on any atom is 0.490 e. The van der Waals surface area contributed by atoms with Crippen molar-refractivity contribution in [2.45, 2.75) is 44.9 Å². The van der Waals surface area contributed by atoms with E-state index in [1.54, 1.807) is 5.51 Å². The van der Waals surface area contributed by atoms with Gasteiger partial charge in [-0.15, -0.1) is 11.3 Å². The number of alkyl halides is 3. The number of halogens is 3. The number of hydrogen-bond acceptors (Lipinski definition) is 6. The van der Waals surface area contributed by atoms with Crippen LogP contribution < -0.4 is 0 Å². The summed E-state index contributed by atoms with van der Waals surface area (Å²) in [7, 11) is 0. The van der Waals surface area contributed by atoms with E-state index in [4.69, 9.17) is 14.6 Å². The molecule has 0 radical (unpaired) electrons. The quantitative estimate of drug-likeness (QED) is 0.711. The highest BCUT2D eigenvalue weighted by atomic mass is 32.1. The van der Waals surface area contributed by atoms with Gasteiger partial charge >= 0.3 is 12.1 Å². The molecule has 3 heterocycles. The van der Waals surface area contributed by atoms with Gasteiger partial charge in [-0.1, -0.05) is 0 Å². The van der Waals surface area contributed by atoms with E-state index in [0.29, 0.717) is 24.8 Å². The van der Waals surface area contributed by atoms with Crippen LogP contribution in [0, 0.1) is 5.92 Å². The Morgan fingerprint density at radius 3 is 2.58 bits per heavy atom. The zero-order valence-corrected chi connectivity index (χ0v) is 17.7. The Hall–Kier alpha value is -2.47. The summed E-state index contributed by atoms with van der Waals surface area (Å²) in [5, 5.41) is 13.4. The molecule has 0 spiro atoms. The van der Waals surface area contributed by atoms with E-state index in [0.717, 1.165) is 25.3 Å². The predicted molar refractivity (Wildman–Crippen MR) is 105 cm³/mol. The number of aromatic nitrogens is 3. The number of nitrogens with zero attached hydrogens (tertiary/aromatic N) is 4. The van der Waals surface area contributed by atoms with E-state index in [2.05, 4.69) is 17.0 Å². The molecule has 0 bridgehead atoms. The molecular formula is C19H23F3N4O4S. The predicted octanol–water partition coefficient (Wildman–Crippen LogP) is 3.16. The van der Waals surface area contributed by atoms with Crippen molar-refractivity contribution in [3.05, 3.63) is 34.0 Å². The number of rotatable bonds is 6. The first kappa shape index (κ1) is 23.2. The van der Waals surface area contributed by atoms with Gasteiger partial charge in [0.2, 0.25) is 0 Å². The first-order valence-electron chi connectivity index (χ1n) is 9.84. The summed E-state index contributed by atoms with van der Waals surface area (Å²) in [6.07, 6.45) is 0.232. The molecule has 0 saturated heterocycles. The molecule has 2 aromatic heterocycles. The Kier molecular flexibility index (Phi) is 7.31. The highest BCUT2D eigenvalue weighted by molar-refractivity contribution is 7.07. The fourth-order valence-electron chi connectivity index (χ4n) is 3.32. The third-order valence-corrected chi connectivity index (χ3v) is 5.64. The van der Waals surface area contributed by atoms with E-state index in [1.807, 2.05) is 21.2 Å². The summed E-state index contributed by atoms with van der Waals surface area (Å²) < 4.78 is 39.7. The number of carbonyl (C=O) groups is 2. The third-order valence-electron chi connectivity index (χ3n) is 5.05. The largest absolute Gasteiger partial charge is 0.490 e. The summed E-state index contributed by atoms with van der Waals surface area (Å²) in [4.78, 5) is 27.9. The molecule has 1 unspecified atom stereocenters. The molecule has 1 aliphatic heterocycles. The normalized spacial score (nSPS) is 18.2. The smallest absolute Gasteiger partial charge is 0.475 e. The van der Waals surface area contributed by atoms with Crippen molar-refractivity contribution >= 4 is 23.2 Å². The topological polar surface area (TPSA) is 97.5 Å². The number of aryl methyl sites for hydroxylation is 1. The van der Waals surface area contributed by atoms with Crippen LogP contribution in [0.2, 0.25) is 0 Å². The first-order valence-corrected chi connectivity index (χ1v) is 10.8. The van der Waals surface area contributed by atoms with Crippen molar-refractivity contribution < 1.29 is 32.6 Å². The van der Waals surface area contributed by atoms with Crippen molar-refractivity contribution in [1.29, 1.82) is 0 Å². The lowest BCUT2D eigenvalue weighted by Crippen LogP contribution is -2.43. The minimum Gasteiger partial charge on any atom is -0.475 e. The molecule has 2 aliphatic rings. The van der Waals surface area contributed by atoms with Gasteiger partial charge in [0.15, 0.2) is 0 Å². The highest BCUT2D eigenvalue weighted by Crippen LogP contribution is 2.33. The van der Waals surface area contributed by atoms with Gasteiger partial charge in [0, 0.05) is 25.1 Å². The molecule has 4 rings (SSSR count). The Morgan fingerprint density at radius 2 is 2.03 bits per heavy atom. The number of ether oxygens (including phenoxy) is 1. The van der Waals surface area contributed by atoms with Crippen molar-refractivity contribution in [3.8, 4) is 0 Å². The molecule has 8 nitrogen and oxygen atoms in total. The molecule has 2 aromatic rings. The van der Waals surface area contributed by atoms with Gasteiger partial charge in [0.1, 0.15) is 5.69 Å². The number of thiazole rings is 1. The molecule has 1 atom stereocenters. The number of carbonyl (C=O) groups excluding carboxylic acids is 1. The van der Waals surface area contributed by atoms with Crippen molar-refractivity contribution in [2.75, 3.05) is 19.8 Å². The van der Waals surface area contributed by atoms with Gasteiger partial charge in [0.25, 0.3) is 5.91 Å². The lowest BCUT2D eigenvalue weighted by atomic mass is 9.99. The van der Waals surface area contributed by atoms with Crippen LogP contribution >= 0.6 is 11.3 Å². The molecule has 1 amide bonds. The summed E-state index contributed by atoms with van der Waals surface area (Å²) in [6.45, 7) is 4.90.